The van der Waals surface area contributed by atoms with Crippen molar-refractivity contribution in [3.8, 4) is 17.0 Å². The van der Waals surface area contributed by atoms with Crippen LogP contribution in [0, 0.1) is 0 Å². The third-order valence-corrected chi connectivity index (χ3v) is 4.56. The van der Waals surface area contributed by atoms with Gasteiger partial charge in [0.25, 0.3) is 0 Å². The molecule has 2 heterocycles. The number of aliphatic hydroxyl groups excluding tert-OH is 4. The van der Waals surface area contributed by atoms with Gasteiger partial charge in [-0.05, 0) is 18.2 Å². The Balaban J connectivity index is 1.78. The molecule has 5 atom stereocenters. The largest absolute Gasteiger partial charge is 0.460 e. The minimum Gasteiger partial charge on any atom is -0.460 e. The molecule has 0 aliphatic carbocycles. The maximum absolute atomic E-state index is 12.6. The number of ether oxygens (including phenoxy) is 2. The van der Waals surface area contributed by atoms with Crippen molar-refractivity contribution in [2.24, 2.45) is 0 Å². The fourth-order valence-corrected chi connectivity index (χ4v) is 2.89. The molecule has 158 valence electrons. The topological polar surface area (TPSA) is 125 Å². The van der Waals surface area contributed by atoms with Crippen LogP contribution in [0.25, 0.3) is 11.3 Å². The molecule has 3 rings (SSSR count). The molecular weight excluding hydrogens is 421 g/mol. The molecule has 1 aromatic heterocycles. The summed E-state index contributed by atoms with van der Waals surface area (Å²) in [6.07, 6.45) is -10.4. The van der Waals surface area contributed by atoms with E-state index in [0.29, 0.717) is 11.8 Å². The maximum atomic E-state index is 12.6. The molecular formula is C17H16ClF3N2O6. The highest BCUT2D eigenvalue weighted by Gasteiger charge is 2.44. The van der Waals surface area contributed by atoms with Crippen LogP contribution in [0.2, 0.25) is 5.02 Å². The summed E-state index contributed by atoms with van der Waals surface area (Å²) in [7, 11) is 0. The van der Waals surface area contributed by atoms with Gasteiger partial charge in [0.1, 0.15) is 30.2 Å². The molecule has 12 heteroatoms. The van der Waals surface area contributed by atoms with E-state index in [1.54, 1.807) is 0 Å². The van der Waals surface area contributed by atoms with E-state index in [-0.39, 0.29) is 16.5 Å². The lowest BCUT2D eigenvalue weighted by Gasteiger charge is -2.39. The SMILES string of the molecule is OC[C@H]1O[C@H](Oc2ccc(-c3cnc(C(F)(F)F)cn3)cc2Cl)[C@@H](O)[C@@H](O)[C@@H]1O. The van der Waals surface area contributed by atoms with Crippen LogP contribution < -0.4 is 4.74 Å². The summed E-state index contributed by atoms with van der Waals surface area (Å²) in [5, 5.41) is 38.8. The van der Waals surface area contributed by atoms with Crippen LogP contribution in [0.3, 0.4) is 0 Å². The van der Waals surface area contributed by atoms with Crippen molar-refractivity contribution in [3.05, 3.63) is 41.3 Å². The highest BCUT2D eigenvalue weighted by molar-refractivity contribution is 6.32. The van der Waals surface area contributed by atoms with Crippen molar-refractivity contribution in [1.82, 2.24) is 9.97 Å². The van der Waals surface area contributed by atoms with E-state index in [1.807, 2.05) is 0 Å². The van der Waals surface area contributed by atoms with Crippen LogP contribution in [-0.2, 0) is 10.9 Å². The van der Waals surface area contributed by atoms with Gasteiger partial charge in [-0.25, -0.2) is 4.98 Å². The molecule has 0 radical (unpaired) electrons. The third-order valence-electron chi connectivity index (χ3n) is 4.26. The van der Waals surface area contributed by atoms with Crippen LogP contribution >= 0.6 is 11.6 Å². The first-order valence-electron chi connectivity index (χ1n) is 8.28. The lowest BCUT2D eigenvalue weighted by atomic mass is 9.99. The van der Waals surface area contributed by atoms with E-state index in [9.17, 15) is 33.6 Å². The number of aromatic nitrogens is 2. The van der Waals surface area contributed by atoms with Crippen molar-refractivity contribution in [2.45, 2.75) is 36.9 Å². The first-order valence-corrected chi connectivity index (χ1v) is 8.66. The molecule has 4 N–H and O–H groups in total. The fraction of sp³-hybridized carbons (Fsp3) is 0.412. The number of hydrogen-bond acceptors (Lipinski definition) is 8. The number of benzene rings is 1. The normalized spacial score (nSPS) is 27.7. The van der Waals surface area contributed by atoms with Gasteiger partial charge >= 0.3 is 6.18 Å². The van der Waals surface area contributed by atoms with E-state index < -0.39 is 49.2 Å². The van der Waals surface area contributed by atoms with Crippen molar-refractivity contribution >= 4 is 11.6 Å². The van der Waals surface area contributed by atoms with Crippen molar-refractivity contribution < 1.29 is 43.1 Å². The van der Waals surface area contributed by atoms with E-state index in [1.165, 1.54) is 18.2 Å². The molecule has 0 amide bonds. The Morgan fingerprint density at radius 3 is 2.34 bits per heavy atom. The number of hydrogen-bond donors (Lipinski definition) is 4. The van der Waals surface area contributed by atoms with Gasteiger partial charge in [-0.2, -0.15) is 13.2 Å². The molecule has 1 aromatic carbocycles. The number of rotatable bonds is 4. The second kappa shape index (κ2) is 8.38. The van der Waals surface area contributed by atoms with Crippen LogP contribution in [0.5, 0.6) is 5.75 Å². The molecule has 1 saturated heterocycles. The zero-order chi connectivity index (χ0) is 21.3. The number of aliphatic hydroxyl groups is 4. The van der Waals surface area contributed by atoms with Gasteiger partial charge in [0.2, 0.25) is 6.29 Å². The minimum atomic E-state index is -4.60. The van der Waals surface area contributed by atoms with Gasteiger partial charge in [-0.3, -0.25) is 4.98 Å². The predicted octanol–water partition coefficient (Wildman–Crippen LogP) is 0.994. The van der Waals surface area contributed by atoms with Gasteiger partial charge in [-0.1, -0.05) is 11.6 Å². The summed E-state index contributed by atoms with van der Waals surface area (Å²) >= 11 is 6.13. The monoisotopic (exact) mass is 436 g/mol. The molecule has 0 unspecified atom stereocenters. The highest BCUT2D eigenvalue weighted by atomic mass is 35.5. The van der Waals surface area contributed by atoms with E-state index in [4.69, 9.17) is 21.1 Å². The van der Waals surface area contributed by atoms with Crippen molar-refractivity contribution in [2.75, 3.05) is 6.61 Å². The summed E-state index contributed by atoms with van der Waals surface area (Å²) in [6.45, 7) is -0.621. The standard InChI is InChI=1S/C17H16ClF3N2O6/c18-8-3-7(9-4-23-12(5-22-9)17(19,20)21)1-2-10(8)28-16-15(27)14(26)13(25)11(6-24)29-16/h1-5,11,13-16,24-27H,6H2/t11-,13-,14+,15+,16+/m1/s1. The van der Waals surface area contributed by atoms with Crippen LogP contribution in [0.4, 0.5) is 13.2 Å². The zero-order valence-electron chi connectivity index (χ0n) is 14.5. The molecule has 2 aromatic rings. The second-order valence-corrected chi connectivity index (χ2v) is 6.65. The Bertz CT molecular complexity index is 852. The average molecular weight is 437 g/mol. The Labute approximate surface area is 167 Å². The Kier molecular flexibility index (Phi) is 6.27. The van der Waals surface area contributed by atoms with E-state index in [2.05, 4.69) is 9.97 Å². The van der Waals surface area contributed by atoms with Gasteiger partial charge in [-0.15, -0.1) is 0 Å². The summed E-state index contributed by atoms with van der Waals surface area (Å²) in [6, 6.07) is 4.17. The second-order valence-electron chi connectivity index (χ2n) is 6.24. The average Bonchev–Trinajstić information content (AvgIpc) is 2.69. The molecule has 0 saturated carbocycles. The molecule has 8 nitrogen and oxygen atoms in total. The minimum absolute atomic E-state index is 0.0150. The fourth-order valence-electron chi connectivity index (χ4n) is 2.67. The maximum Gasteiger partial charge on any atom is 0.434 e. The molecule has 1 aliphatic heterocycles. The highest BCUT2D eigenvalue weighted by Crippen LogP contribution is 2.33. The Morgan fingerprint density at radius 2 is 1.79 bits per heavy atom. The molecule has 0 bridgehead atoms. The summed E-state index contributed by atoms with van der Waals surface area (Å²) < 4.78 is 48.4. The Morgan fingerprint density at radius 1 is 1.07 bits per heavy atom. The number of alkyl halides is 3. The number of nitrogens with zero attached hydrogens (tertiary/aromatic N) is 2. The first-order chi connectivity index (χ1) is 13.6. The Hall–Kier alpha value is -2.02. The molecule has 1 aliphatic rings. The van der Waals surface area contributed by atoms with Gasteiger partial charge in [0.15, 0.2) is 5.69 Å². The molecule has 1 fully saturated rings. The summed E-state index contributed by atoms with van der Waals surface area (Å²) in [5.41, 5.74) is -0.633. The third kappa shape index (κ3) is 4.60. The smallest absolute Gasteiger partial charge is 0.434 e. The van der Waals surface area contributed by atoms with Gasteiger partial charge in [0.05, 0.1) is 29.7 Å². The van der Waals surface area contributed by atoms with Crippen LogP contribution in [-0.4, -0.2) is 67.7 Å². The lowest BCUT2D eigenvalue weighted by Crippen LogP contribution is -2.60. The summed E-state index contributed by atoms with van der Waals surface area (Å²) in [5.74, 6) is 0.0274. The zero-order valence-corrected chi connectivity index (χ0v) is 15.2. The molecule has 0 spiro atoms. The first kappa shape index (κ1) is 21.7. The van der Waals surface area contributed by atoms with E-state index in [0.717, 1.165) is 6.20 Å². The number of halogens is 4. The lowest BCUT2D eigenvalue weighted by molar-refractivity contribution is -0.277. The van der Waals surface area contributed by atoms with Gasteiger partial charge < -0.3 is 29.9 Å². The van der Waals surface area contributed by atoms with Gasteiger partial charge in [0, 0.05) is 5.56 Å². The van der Waals surface area contributed by atoms with Crippen LogP contribution in [0.1, 0.15) is 5.69 Å². The van der Waals surface area contributed by atoms with Crippen molar-refractivity contribution in [1.29, 1.82) is 0 Å². The molecule has 29 heavy (non-hydrogen) atoms. The van der Waals surface area contributed by atoms with E-state index >= 15 is 0 Å². The van der Waals surface area contributed by atoms with Crippen molar-refractivity contribution in [3.63, 3.8) is 0 Å². The summed E-state index contributed by atoms with van der Waals surface area (Å²) in [4.78, 5) is 7.04. The predicted molar refractivity (Wildman–Crippen MR) is 91.9 cm³/mol. The van der Waals surface area contributed by atoms with Crippen LogP contribution in [0.15, 0.2) is 30.6 Å². The quantitative estimate of drug-likeness (QED) is 0.559.